The van der Waals surface area contributed by atoms with Gasteiger partial charge in [-0.3, -0.25) is 4.79 Å². The van der Waals surface area contributed by atoms with Crippen LogP contribution in [-0.2, 0) is 4.79 Å². The van der Waals surface area contributed by atoms with E-state index in [1.165, 1.54) is 18.2 Å². The van der Waals surface area contributed by atoms with Gasteiger partial charge in [-0.25, -0.2) is 0 Å². The molecule has 0 aromatic heterocycles. The van der Waals surface area contributed by atoms with E-state index in [-0.39, 0.29) is 5.75 Å². The number of benzene rings is 2. The van der Waals surface area contributed by atoms with Gasteiger partial charge in [-0.15, -0.1) is 0 Å². The summed E-state index contributed by atoms with van der Waals surface area (Å²) in [7, 11) is 0. The molecule has 1 heterocycles. The fourth-order valence-electron chi connectivity index (χ4n) is 3.46. The predicted octanol–water partition coefficient (Wildman–Crippen LogP) is 4.98. The quantitative estimate of drug-likeness (QED) is 0.735. The molecule has 1 fully saturated rings. The van der Waals surface area contributed by atoms with E-state index in [1.54, 1.807) is 36.4 Å². The number of fused-ring (bicyclic) bond motifs is 1. The number of hydrogen-bond acceptors (Lipinski definition) is 4. The molecule has 0 bridgehead atoms. The molecule has 1 aliphatic heterocycles. The molecule has 0 saturated heterocycles. The minimum Gasteiger partial charge on any atom is -0.448 e. The molecule has 7 heteroatoms. The zero-order chi connectivity index (χ0) is 19.6. The van der Waals surface area contributed by atoms with Gasteiger partial charge in [0.2, 0.25) is 5.91 Å². The topological polar surface area (TPSA) is 56.8 Å². The average Bonchev–Trinajstić information content (AvgIpc) is 3.26. The monoisotopic (exact) mass is 387 g/mol. The van der Waals surface area contributed by atoms with Gasteiger partial charge in [0.15, 0.2) is 11.5 Å². The van der Waals surface area contributed by atoms with Crippen molar-refractivity contribution in [2.75, 3.05) is 5.32 Å². The Morgan fingerprint density at radius 1 is 1.11 bits per heavy atom. The van der Waals surface area contributed by atoms with Crippen LogP contribution in [0.25, 0.3) is 6.08 Å². The van der Waals surface area contributed by atoms with E-state index in [2.05, 4.69) is 10.1 Å². The molecule has 1 aliphatic carbocycles. The molecular formula is C21H19F2NO4. The minimum absolute atomic E-state index is 0.00601. The van der Waals surface area contributed by atoms with Crippen molar-refractivity contribution >= 4 is 17.7 Å². The molecule has 28 heavy (non-hydrogen) atoms. The highest BCUT2D eigenvalue weighted by Crippen LogP contribution is 2.47. The number of nitrogens with one attached hydrogen (secondary N) is 1. The Bertz CT molecular complexity index is 907. The van der Waals surface area contributed by atoms with Crippen molar-refractivity contribution in [1.29, 1.82) is 0 Å². The summed E-state index contributed by atoms with van der Waals surface area (Å²) in [4.78, 5) is 12.2. The predicted molar refractivity (Wildman–Crippen MR) is 99.6 cm³/mol. The third kappa shape index (κ3) is 3.93. The Morgan fingerprint density at radius 2 is 1.86 bits per heavy atom. The first-order valence-electron chi connectivity index (χ1n) is 9.08. The number of alkyl halides is 2. The van der Waals surface area contributed by atoms with Crippen molar-refractivity contribution in [3.05, 3.63) is 54.1 Å². The number of rotatable bonds is 5. The summed E-state index contributed by atoms with van der Waals surface area (Å²) in [6.45, 7) is -2.93. The Kier molecular flexibility index (Phi) is 4.90. The largest absolute Gasteiger partial charge is 0.448 e. The van der Waals surface area contributed by atoms with Crippen LogP contribution < -0.4 is 19.5 Å². The summed E-state index contributed by atoms with van der Waals surface area (Å²) in [5.41, 5.74) is 0.941. The maximum atomic E-state index is 12.5. The Hall–Kier alpha value is -3.09. The van der Waals surface area contributed by atoms with Crippen molar-refractivity contribution in [3.8, 4) is 17.2 Å². The number of ether oxygens (including phenoxy) is 3. The molecule has 1 N–H and O–H groups in total. The molecule has 1 spiro atoms. The molecule has 2 aromatic rings. The molecule has 1 amide bonds. The maximum absolute atomic E-state index is 12.5. The standard InChI is InChI=1S/C21H19F2NO4/c22-20(23)26-16-6-2-1-5-14(16)7-10-19(25)24-15-8-9-17-18(13-15)28-21(27-17)11-3-4-12-21/h1-2,5-10,13,20H,3-4,11-12H2,(H,24,25)/b10-7+. The number of anilines is 1. The van der Waals surface area contributed by atoms with E-state index >= 15 is 0 Å². The lowest BCUT2D eigenvalue weighted by Gasteiger charge is -2.21. The second kappa shape index (κ2) is 7.50. The summed E-state index contributed by atoms with van der Waals surface area (Å²) in [5.74, 6) is 0.333. The molecule has 1 saturated carbocycles. The number of hydrogen-bond donors (Lipinski definition) is 1. The van der Waals surface area contributed by atoms with E-state index in [9.17, 15) is 13.6 Å². The van der Waals surface area contributed by atoms with Gasteiger partial charge in [0.05, 0.1) is 0 Å². The van der Waals surface area contributed by atoms with Crippen molar-refractivity contribution < 1.29 is 27.8 Å². The molecule has 4 rings (SSSR count). The Morgan fingerprint density at radius 3 is 2.64 bits per heavy atom. The zero-order valence-corrected chi connectivity index (χ0v) is 15.0. The fraction of sp³-hybridized carbons (Fsp3) is 0.286. The highest BCUT2D eigenvalue weighted by Gasteiger charge is 2.44. The summed E-state index contributed by atoms with van der Waals surface area (Å²) in [6, 6.07) is 11.5. The van der Waals surface area contributed by atoms with Crippen LogP contribution in [0.3, 0.4) is 0 Å². The van der Waals surface area contributed by atoms with Crippen LogP contribution in [0.4, 0.5) is 14.5 Å². The highest BCUT2D eigenvalue weighted by atomic mass is 19.3. The van der Waals surface area contributed by atoms with Gasteiger partial charge in [-0.05, 0) is 37.1 Å². The first kappa shape index (κ1) is 18.3. The normalized spacial score (nSPS) is 16.8. The smallest absolute Gasteiger partial charge is 0.387 e. The summed E-state index contributed by atoms with van der Waals surface area (Å²) in [6.07, 6.45) is 6.53. The van der Waals surface area contributed by atoms with Crippen molar-refractivity contribution in [3.63, 3.8) is 0 Å². The van der Waals surface area contributed by atoms with Crippen LogP contribution in [0.2, 0.25) is 0 Å². The lowest BCUT2D eigenvalue weighted by molar-refractivity contribution is -0.111. The zero-order valence-electron chi connectivity index (χ0n) is 15.0. The lowest BCUT2D eigenvalue weighted by atomic mass is 10.2. The van der Waals surface area contributed by atoms with Crippen molar-refractivity contribution in [2.45, 2.75) is 38.1 Å². The second-order valence-electron chi connectivity index (χ2n) is 6.72. The van der Waals surface area contributed by atoms with Gasteiger partial charge in [0, 0.05) is 36.2 Å². The molecular weight excluding hydrogens is 368 g/mol. The van der Waals surface area contributed by atoms with E-state index in [0.717, 1.165) is 25.7 Å². The number of amides is 1. The maximum Gasteiger partial charge on any atom is 0.387 e. The fourth-order valence-corrected chi connectivity index (χ4v) is 3.46. The van der Waals surface area contributed by atoms with E-state index in [4.69, 9.17) is 9.47 Å². The van der Waals surface area contributed by atoms with Crippen LogP contribution in [0.5, 0.6) is 17.2 Å². The van der Waals surface area contributed by atoms with E-state index < -0.39 is 18.3 Å². The van der Waals surface area contributed by atoms with Gasteiger partial charge in [-0.2, -0.15) is 8.78 Å². The molecule has 0 radical (unpaired) electrons. The third-order valence-corrected chi connectivity index (χ3v) is 4.72. The number of para-hydroxylation sites is 1. The molecule has 146 valence electrons. The summed E-state index contributed by atoms with van der Waals surface area (Å²) < 4.78 is 41.3. The molecule has 0 unspecified atom stereocenters. The minimum atomic E-state index is -2.93. The molecule has 5 nitrogen and oxygen atoms in total. The lowest BCUT2D eigenvalue weighted by Crippen LogP contribution is -2.34. The number of carbonyl (C=O) groups is 1. The van der Waals surface area contributed by atoms with E-state index in [1.807, 2.05) is 0 Å². The van der Waals surface area contributed by atoms with Crippen LogP contribution in [-0.4, -0.2) is 18.3 Å². The molecule has 2 aromatic carbocycles. The third-order valence-electron chi connectivity index (χ3n) is 4.72. The van der Waals surface area contributed by atoms with Gasteiger partial charge in [-0.1, -0.05) is 18.2 Å². The van der Waals surface area contributed by atoms with Gasteiger partial charge in [0.25, 0.3) is 5.79 Å². The number of halogens is 2. The Balaban J connectivity index is 1.42. The first-order valence-corrected chi connectivity index (χ1v) is 9.08. The molecule has 0 atom stereocenters. The average molecular weight is 387 g/mol. The van der Waals surface area contributed by atoms with Crippen LogP contribution in [0, 0.1) is 0 Å². The summed E-state index contributed by atoms with van der Waals surface area (Å²) in [5, 5.41) is 2.73. The highest BCUT2D eigenvalue weighted by molar-refractivity contribution is 6.02. The second-order valence-corrected chi connectivity index (χ2v) is 6.72. The SMILES string of the molecule is O=C(/C=C/c1ccccc1OC(F)F)Nc1ccc2c(c1)OC1(CCCC1)O2. The Labute approximate surface area is 160 Å². The van der Waals surface area contributed by atoms with E-state index in [0.29, 0.717) is 22.7 Å². The van der Waals surface area contributed by atoms with Gasteiger partial charge < -0.3 is 19.5 Å². The number of carbonyl (C=O) groups excluding carboxylic acids is 1. The van der Waals surface area contributed by atoms with Gasteiger partial charge in [0.1, 0.15) is 5.75 Å². The van der Waals surface area contributed by atoms with Crippen LogP contribution in [0.15, 0.2) is 48.5 Å². The van der Waals surface area contributed by atoms with Crippen molar-refractivity contribution in [2.24, 2.45) is 0 Å². The van der Waals surface area contributed by atoms with Gasteiger partial charge >= 0.3 is 6.61 Å². The first-order chi connectivity index (χ1) is 13.5. The summed E-state index contributed by atoms with van der Waals surface area (Å²) >= 11 is 0. The van der Waals surface area contributed by atoms with Crippen molar-refractivity contribution in [1.82, 2.24) is 0 Å². The van der Waals surface area contributed by atoms with Crippen LogP contribution in [0.1, 0.15) is 31.2 Å². The molecule has 2 aliphatic rings. The van der Waals surface area contributed by atoms with Crippen LogP contribution >= 0.6 is 0 Å².